The number of pyridine rings is 1. The maximum absolute atomic E-state index is 12.7. The maximum Gasteiger partial charge on any atom is 0.355 e. The first kappa shape index (κ1) is 18.0. The van der Waals surface area contributed by atoms with Crippen LogP contribution in [-0.2, 0) is 11.8 Å². The summed E-state index contributed by atoms with van der Waals surface area (Å²) in [6, 6.07) is 12.3. The summed E-state index contributed by atoms with van der Waals surface area (Å²) in [7, 11) is 3.15. The van der Waals surface area contributed by atoms with Crippen molar-refractivity contribution in [1.29, 1.82) is 0 Å². The second kappa shape index (κ2) is 7.22. The van der Waals surface area contributed by atoms with Gasteiger partial charge in [-0.3, -0.25) is 4.79 Å². The maximum atomic E-state index is 12.7. The van der Waals surface area contributed by atoms with Gasteiger partial charge in [-0.2, -0.15) is 0 Å². The Morgan fingerprint density at radius 2 is 1.81 bits per heavy atom. The number of methoxy groups -OCH3 is 1. The van der Waals surface area contributed by atoms with E-state index in [0.29, 0.717) is 27.1 Å². The van der Waals surface area contributed by atoms with Crippen LogP contribution in [0.2, 0.25) is 5.02 Å². The third-order valence-electron chi connectivity index (χ3n) is 4.21. The predicted octanol–water partition coefficient (Wildman–Crippen LogP) is 4.04. The van der Waals surface area contributed by atoms with E-state index in [1.807, 2.05) is 12.1 Å². The topological polar surface area (TPSA) is 57.5 Å². The summed E-state index contributed by atoms with van der Waals surface area (Å²) >= 11 is 6.17. The quantitative estimate of drug-likeness (QED) is 0.649. The van der Waals surface area contributed by atoms with Crippen molar-refractivity contribution in [3.63, 3.8) is 0 Å². The van der Waals surface area contributed by atoms with Gasteiger partial charge in [0, 0.05) is 23.0 Å². The zero-order chi connectivity index (χ0) is 18.8. The number of benzene rings is 2. The molecule has 0 radical (unpaired) electrons. The average molecular weight is 372 g/mol. The van der Waals surface area contributed by atoms with Crippen LogP contribution in [-0.4, -0.2) is 24.3 Å². The van der Waals surface area contributed by atoms with Crippen molar-refractivity contribution in [2.75, 3.05) is 13.7 Å². The first-order chi connectivity index (χ1) is 12.5. The van der Waals surface area contributed by atoms with Crippen LogP contribution < -0.4 is 10.3 Å². The fourth-order valence-electron chi connectivity index (χ4n) is 2.98. The fourth-order valence-corrected chi connectivity index (χ4v) is 3.15. The lowest BCUT2D eigenvalue weighted by molar-refractivity contribution is 0.0515. The summed E-state index contributed by atoms with van der Waals surface area (Å²) in [6.45, 7) is 1.93. The highest BCUT2D eigenvalue weighted by atomic mass is 35.5. The lowest BCUT2D eigenvalue weighted by Crippen LogP contribution is -2.26. The molecule has 0 spiro atoms. The van der Waals surface area contributed by atoms with Gasteiger partial charge >= 0.3 is 5.97 Å². The van der Waals surface area contributed by atoms with Crippen molar-refractivity contribution in [2.24, 2.45) is 7.05 Å². The van der Waals surface area contributed by atoms with E-state index in [4.69, 9.17) is 21.1 Å². The van der Waals surface area contributed by atoms with Crippen LogP contribution >= 0.6 is 11.6 Å². The zero-order valence-corrected chi connectivity index (χ0v) is 15.5. The number of ether oxygens (including phenoxy) is 2. The molecule has 0 saturated heterocycles. The molecule has 0 aliphatic rings. The van der Waals surface area contributed by atoms with E-state index < -0.39 is 5.97 Å². The van der Waals surface area contributed by atoms with Crippen molar-refractivity contribution in [2.45, 2.75) is 6.92 Å². The Morgan fingerprint density at radius 3 is 2.42 bits per heavy atom. The van der Waals surface area contributed by atoms with Crippen molar-refractivity contribution < 1.29 is 14.3 Å². The molecular weight excluding hydrogens is 354 g/mol. The van der Waals surface area contributed by atoms with Gasteiger partial charge in [0.05, 0.1) is 13.7 Å². The normalized spacial score (nSPS) is 10.8. The molecule has 134 valence electrons. The summed E-state index contributed by atoms with van der Waals surface area (Å²) < 4.78 is 11.7. The molecule has 2 aromatic carbocycles. The Labute approximate surface area is 155 Å². The number of fused-ring (bicyclic) bond motifs is 1. The van der Waals surface area contributed by atoms with Crippen LogP contribution in [0.15, 0.2) is 47.3 Å². The molecule has 0 amide bonds. The predicted molar refractivity (Wildman–Crippen MR) is 102 cm³/mol. The van der Waals surface area contributed by atoms with E-state index in [1.54, 1.807) is 51.4 Å². The molecule has 0 aliphatic carbocycles. The van der Waals surface area contributed by atoms with E-state index in [1.165, 1.54) is 4.57 Å². The van der Waals surface area contributed by atoms with Crippen LogP contribution in [0, 0.1) is 0 Å². The molecule has 0 unspecified atom stereocenters. The van der Waals surface area contributed by atoms with Gasteiger partial charge in [0.15, 0.2) is 0 Å². The summed E-state index contributed by atoms with van der Waals surface area (Å²) in [4.78, 5) is 25.4. The number of aromatic nitrogens is 1. The number of halogens is 1. The second-order valence-electron chi connectivity index (χ2n) is 5.73. The first-order valence-corrected chi connectivity index (χ1v) is 8.49. The minimum absolute atomic E-state index is 0.191. The van der Waals surface area contributed by atoms with Crippen LogP contribution in [0.1, 0.15) is 17.4 Å². The lowest BCUT2D eigenvalue weighted by atomic mass is 9.96. The number of esters is 1. The molecule has 0 N–H and O–H groups in total. The Kier molecular flexibility index (Phi) is 5.00. The van der Waals surface area contributed by atoms with Crippen molar-refractivity contribution >= 4 is 28.3 Å². The van der Waals surface area contributed by atoms with Gasteiger partial charge in [0.1, 0.15) is 11.4 Å². The summed E-state index contributed by atoms with van der Waals surface area (Å²) in [5.74, 6) is 0.137. The van der Waals surface area contributed by atoms with Gasteiger partial charge < -0.3 is 14.0 Å². The molecule has 5 nitrogen and oxygen atoms in total. The van der Waals surface area contributed by atoms with Crippen LogP contribution in [0.3, 0.4) is 0 Å². The van der Waals surface area contributed by atoms with Gasteiger partial charge in [-0.25, -0.2) is 4.79 Å². The molecule has 26 heavy (non-hydrogen) atoms. The Morgan fingerprint density at radius 1 is 1.12 bits per heavy atom. The highest BCUT2D eigenvalue weighted by molar-refractivity contribution is 6.31. The van der Waals surface area contributed by atoms with E-state index >= 15 is 0 Å². The van der Waals surface area contributed by atoms with Crippen molar-refractivity contribution in [1.82, 2.24) is 4.57 Å². The minimum atomic E-state index is -0.556. The number of hydrogen-bond acceptors (Lipinski definition) is 4. The Bertz CT molecular complexity index is 1040. The number of carbonyl (C=O) groups is 1. The summed E-state index contributed by atoms with van der Waals surface area (Å²) in [5.41, 5.74) is 1.27. The van der Waals surface area contributed by atoms with Gasteiger partial charge in [0.2, 0.25) is 0 Å². The van der Waals surface area contributed by atoms with E-state index in [-0.39, 0.29) is 17.9 Å². The molecule has 1 heterocycles. The minimum Gasteiger partial charge on any atom is -0.497 e. The molecule has 6 heteroatoms. The van der Waals surface area contributed by atoms with Gasteiger partial charge in [0.25, 0.3) is 5.56 Å². The summed E-state index contributed by atoms with van der Waals surface area (Å²) in [6.07, 6.45) is 0. The molecule has 0 saturated carbocycles. The van der Waals surface area contributed by atoms with Crippen molar-refractivity contribution in [3.05, 3.63) is 63.5 Å². The molecule has 0 bridgehead atoms. The molecule has 1 aromatic heterocycles. The summed E-state index contributed by atoms with van der Waals surface area (Å²) in [5, 5.41) is 1.57. The number of rotatable bonds is 4. The first-order valence-electron chi connectivity index (χ1n) is 8.11. The van der Waals surface area contributed by atoms with Gasteiger partial charge in [-0.05, 0) is 48.2 Å². The zero-order valence-electron chi connectivity index (χ0n) is 14.7. The molecule has 3 rings (SSSR count). The third kappa shape index (κ3) is 3.06. The number of carbonyl (C=O) groups excluding carboxylic acids is 1. The molecule has 0 atom stereocenters. The van der Waals surface area contributed by atoms with Crippen LogP contribution in [0.4, 0.5) is 0 Å². The highest BCUT2D eigenvalue weighted by Crippen LogP contribution is 2.33. The SMILES string of the molecule is CCOC(=O)c1c(-c2ccc(OC)cc2)c2cc(Cl)ccc2c(=O)n1C. The molecule has 0 aliphatic heterocycles. The number of nitrogens with zero attached hydrogens (tertiary/aromatic N) is 1. The standard InChI is InChI=1S/C20H18ClNO4/c1-4-26-20(24)18-17(12-5-8-14(25-3)9-6-12)16-11-13(21)7-10-15(16)19(23)22(18)2/h5-11H,4H2,1-3H3. The van der Waals surface area contributed by atoms with Crippen LogP contribution in [0.25, 0.3) is 21.9 Å². The van der Waals surface area contributed by atoms with E-state index in [2.05, 4.69) is 0 Å². The monoisotopic (exact) mass is 371 g/mol. The molecule has 0 fully saturated rings. The molecular formula is C20H18ClNO4. The third-order valence-corrected chi connectivity index (χ3v) is 4.44. The number of hydrogen-bond donors (Lipinski definition) is 0. The Hall–Kier alpha value is -2.79. The van der Waals surface area contributed by atoms with E-state index in [0.717, 1.165) is 5.56 Å². The lowest BCUT2D eigenvalue weighted by Gasteiger charge is -2.17. The van der Waals surface area contributed by atoms with Crippen molar-refractivity contribution in [3.8, 4) is 16.9 Å². The fraction of sp³-hybridized carbons (Fsp3) is 0.200. The van der Waals surface area contributed by atoms with Crippen LogP contribution in [0.5, 0.6) is 5.75 Å². The largest absolute Gasteiger partial charge is 0.497 e. The second-order valence-corrected chi connectivity index (χ2v) is 6.16. The average Bonchev–Trinajstić information content (AvgIpc) is 2.64. The Balaban J connectivity index is 2.44. The highest BCUT2D eigenvalue weighted by Gasteiger charge is 2.23. The smallest absolute Gasteiger partial charge is 0.355 e. The van der Waals surface area contributed by atoms with E-state index in [9.17, 15) is 9.59 Å². The molecule has 3 aromatic rings. The van der Waals surface area contributed by atoms with Gasteiger partial charge in [-0.1, -0.05) is 23.7 Å². The van der Waals surface area contributed by atoms with Gasteiger partial charge in [-0.15, -0.1) is 0 Å².